The summed E-state index contributed by atoms with van der Waals surface area (Å²) in [4.78, 5) is 12.2. The number of aromatic amines is 1. The average molecular weight is 321 g/mol. The van der Waals surface area contributed by atoms with Crippen molar-refractivity contribution in [2.45, 2.75) is 19.1 Å². The van der Waals surface area contributed by atoms with Gasteiger partial charge in [0.15, 0.2) is 5.69 Å². The van der Waals surface area contributed by atoms with Crippen LogP contribution in [0.4, 0.5) is 0 Å². The number of hydrogen-bond donors (Lipinski definition) is 4. The van der Waals surface area contributed by atoms with Gasteiger partial charge in [-0.15, -0.1) is 0 Å². The Labute approximate surface area is 132 Å². The SMILES string of the molecule is O=C(NCC(O)c1ccc(Cl)cc1)c1n[nH]c2c1CNCC2. The van der Waals surface area contributed by atoms with Crippen molar-refractivity contribution >= 4 is 17.5 Å². The molecule has 4 N–H and O–H groups in total. The molecule has 22 heavy (non-hydrogen) atoms. The minimum atomic E-state index is -0.783. The Kier molecular flexibility index (Phi) is 4.42. The predicted octanol–water partition coefficient (Wildman–Crippen LogP) is 1.17. The van der Waals surface area contributed by atoms with Gasteiger partial charge in [0.2, 0.25) is 0 Å². The van der Waals surface area contributed by atoms with Crippen LogP contribution in [-0.2, 0) is 13.0 Å². The van der Waals surface area contributed by atoms with Gasteiger partial charge in [-0.05, 0) is 17.7 Å². The van der Waals surface area contributed by atoms with Gasteiger partial charge in [-0.2, -0.15) is 5.10 Å². The van der Waals surface area contributed by atoms with Crippen molar-refractivity contribution in [3.63, 3.8) is 0 Å². The molecule has 1 aliphatic rings. The van der Waals surface area contributed by atoms with Gasteiger partial charge in [0.1, 0.15) is 0 Å². The number of aliphatic hydroxyl groups excluding tert-OH is 1. The zero-order valence-corrected chi connectivity index (χ0v) is 12.7. The molecule has 0 saturated carbocycles. The van der Waals surface area contributed by atoms with E-state index >= 15 is 0 Å². The number of carbonyl (C=O) groups is 1. The minimum Gasteiger partial charge on any atom is -0.387 e. The van der Waals surface area contributed by atoms with Gasteiger partial charge < -0.3 is 15.7 Å². The molecule has 6 nitrogen and oxygen atoms in total. The molecule has 1 aromatic carbocycles. The highest BCUT2D eigenvalue weighted by atomic mass is 35.5. The van der Waals surface area contributed by atoms with Crippen LogP contribution in [0.15, 0.2) is 24.3 Å². The third kappa shape index (κ3) is 3.14. The van der Waals surface area contributed by atoms with Gasteiger partial charge >= 0.3 is 0 Å². The molecule has 3 rings (SSSR count). The highest BCUT2D eigenvalue weighted by Crippen LogP contribution is 2.17. The second-order valence-corrected chi connectivity index (χ2v) is 5.67. The van der Waals surface area contributed by atoms with Crippen LogP contribution in [0.25, 0.3) is 0 Å². The molecule has 1 atom stereocenters. The fourth-order valence-electron chi connectivity index (χ4n) is 2.49. The summed E-state index contributed by atoms with van der Waals surface area (Å²) in [5.41, 5.74) is 3.01. The number of aromatic nitrogens is 2. The molecule has 0 bridgehead atoms. The number of halogens is 1. The van der Waals surface area contributed by atoms with Crippen LogP contribution >= 0.6 is 11.6 Å². The summed E-state index contributed by atoms with van der Waals surface area (Å²) in [6, 6.07) is 6.88. The average Bonchev–Trinajstić information content (AvgIpc) is 2.97. The Morgan fingerprint density at radius 1 is 1.41 bits per heavy atom. The van der Waals surface area contributed by atoms with E-state index in [4.69, 9.17) is 11.6 Å². The molecule has 0 fully saturated rings. The van der Waals surface area contributed by atoms with Crippen molar-refractivity contribution in [3.05, 3.63) is 51.8 Å². The number of H-pyrrole nitrogens is 1. The largest absolute Gasteiger partial charge is 0.387 e. The van der Waals surface area contributed by atoms with Crippen molar-refractivity contribution in [2.24, 2.45) is 0 Å². The highest BCUT2D eigenvalue weighted by Gasteiger charge is 2.21. The first-order chi connectivity index (χ1) is 10.6. The van der Waals surface area contributed by atoms with E-state index in [-0.39, 0.29) is 12.5 Å². The zero-order valence-electron chi connectivity index (χ0n) is 11.9. The molecule has 1 unspecified atom stereocenters. The standard InChI is InChI=1S/C15H17ClN4O2/c16-10-3-1-9(2-4-10)13(21)8-18-15(22)14-11-7-17-6-5-12(11)19-20-14/h1-4,13,17,21H,5-8H2,(H,18,22)(H,19,20). The van der Waals surface area contributed by atoms with E-state index in [1.54, 1.807) is 24.3 Å². The van der Waals surface area contributed by atoms with Crippen LogP contribution in [0.3, 0.4) is 0 Å². The summed E-state index contributed by atoms with van der Waals surface area (Å²) in [5, 5.41) is 23.6. The van der Waals surface area contributed by atoms with E-state index in [1.165, 1.54) is 0 Å². The Morgan fingerprint density at radius 2 is 2.18 bits per heavy atom. The minimum absolute atomic E-state index is 0.121. The molecular weight excluding hydrogens is 304 g/mol. The molecule has 2 heterocycles. The first kappa shape index (κ1) is 15.0. The summed E-state index contributed by atoms with van der Waals surface area (Å²) in [6.07, 6.45) is 0.0531. The van der Waals surface area contributed by atoms with Crippen LogP contribution in [0.1, 0.15) is 33.4 Å². The smallest absolute Gasteiger partial charge is 0.272 e. The number of benzene rings is 1. The van der Waals surface area contributed by atoms with Crippen LogP contribution in [0, 0.1) is 0 Å². The van der Waals surface area contributed by atoms with Gasteiger partial charge in [-0.3, -0.25) is 9.89 Å². The number of hydrogen-bond acceptors (Lipinski definition) is 4. The molecule has 1 aromatic heterocycles. The molecule has 1 aliphatic heterocycles. The first-order valence-electron chi connectivity index (χ1n) is 7.13. The number of fused-ring (bicyclic) bond motifs is 1. The molecule has 116 valence electrons. The first-order valence-corrected chi connectivity index (χ1v) is 7.51. The lowest BCUT2D eigenvalue weighted by Gasteiger charge is -2.14. The van der Waals surface area contributed by atoms with E-state index in [0.717, 1.165) is 24.2 Å². The van der Waals surface area contributed by atoms with Crippen molar-refractivity contribution in [2.75, 3.05) is 13.1 Å². The van der Waals surface area contributed by atoms with E-state index in [9.17, 15) is 9.90 Å². The summed E-state index contributed by atoms with van der Waals surface area (Å²) < 4.78 is 0. The number of aliphatic hydroxyl groups is 1. The van der Waals surface area contributed by atoms with E-state index in [0.29, 0.717) is 22.8 Å². The lowest BCUT2D eigenvalue weighted by Crippen LogP contribution is -2.31. The van der Waals surface area contributed by atoms with Crippen LogP contribution in [0.5, 0.6) is 0 Å². The lowest BCUT2D eigenvalue weighted by molar-refractivity contribution is 0.0910. The Hall–Kier alpha value is -1.89. The maximum Gasteiger partial charge on any atom is 0.272 e. The predicted molar refractivity (Wildman–Crippen MR) is 82.7 cm³/mol. The second-order valence-electron chi connectivity index (χ2n) is 5.23. The van der Waals surface area contributed by atoms with E-state index in [2.05, 4.69) is 20.8 Å². The topological polar surface area (TPSA) is 90.0 Å². The fourth-order valence-corrected chi connectivity index (χ4v) is 2.61. The normalized spacial score (nSPS) is 15.2. The van der Waals surface area contributed by atoms with Gasteiger partial charge in [0.05, 0.1) is 6.10 Å². The summed E-state index contributed by atoms with van der Waals surface area (Å²) >= 11 is 5.81. The quantitative estimate of drug-likeness (QED) is 0.681. The third-order valence-electron chi connectivity index (χ3n) is 3.73. The maximum atomic E-state index is 12.2. The van der Waals surface area contributed by atoms with E-state index in [1.807, 2.05) is 0 Å². The molecule has 2 aromatic rings. The fraction of sp³-hybridized carbons (Fsp3) is 0.333. The van der Waals surface area contributed by atoms with Gasteiger partial charge in [-0.25, -0.2) is 0 Å². The summed E-state index contributed by atoms with van der Waals surface area (Å²) in [5.74, 6) is -0.283. The number of amides is 1. The maximum absolute atomic E-state index is 12.2. The summed E-state index contributed by atoms with van der Waals surface area (Å²) in [7, 11) is 0. The van der Waals surface area contributed by atoms with Crippen LogP contribution < -0.4 is 10.6 Å². The lowest BCUT2D eigenvalue weighted by atomic mass is 10.1. The monoisotopic (exact) mass is 320 g/mol. The van der Waals surface area contributed by atoms with Crippen LogP contribution in [-0.4, -0.2) is 34.3 Å². The number of rotatable bonds is 4. The summed E-state index contributed by atoms with van der Waals surface area (Å²) in [6.45, 7) is 1.63. The Balaban J connectivity index is 1.62. The highest BCUT2D eigenvalue weighted by molar-refractivity contribution is 6.30. The van der Waals surface area contributed by atoms with E-state index < -0.39 is 6.10 Å². The van der Waals surface area contributed by atoms with Crippen molar-refractivity contribution in [3.8, 4) is 0 Å². The van der Waals surface area contributed by atoms with Gasteiger partial charge in [-0.1, -0.05) is 23.7 Å². The number of nitrogens with zero attached hydrogens (tertiary/aromatic N) is 1. The third-order valence-corrected chi connectivity index (χ3v) is 3.98. The van der Waals surface area contributed by atoms with Crippen molar-refractivity contribution in [1.29, 1.82) is 0 Å². The Morgan fingerprint density at radius 3 is 2.95 bits per heavy atom. The molecular formula is C15H17ClN4O2. The second kappa shape index (κ2) is 6.48. The van der Waals surface area contributed by atoms with Gasteiger partial charge in [0.25, 0.3) is 5.91 Å². The van der Waals surface area contributed by atoms with Crippen molar-refractivity contribution < 1.29 is 9.90 Å². The zero-order chi connectivity index (χ0) is 15.5. The molecule has 0 radical (unpaired) electrons. The van der Waals surface area contributed by atoms with Gasteiger partial charge in [0, 0.05) is 42.3 Å². The Bertz CT molecular complexity index is 669. The number of nitrogens with one attached hydrogen (secondary N) is 3. The van der Waals surface area contributed by atoms with Crippen molar-refractivity contribution in [1.82, 2.24) is 20.8 Å². The molecule has 0 aliphatic carbocycles. The molecule has 0 saturated heterocycles. The number of carbonyl (C=O) groups excluding carboxylic acids is 1. The molecule has 0 spiro atoms. The molecule has 1 amide bonds. The van der Waals surface area contributed by atoms with Crippen LogP contribution in [0.2, 0.25) is 5.02 Å². The molecule has 7 heteroatoms.